The molecule has 3 rings (SSSR count). The van der Waals surface area contributed by atoms with Gasteiger partial charge in [0.2, 0.25) is 0 Å². The third-order valence-corrected chi connectivity index (χ3v) is 5.33. The number of benzene rings is 1. The van der Waals surface area contributed by atoms with E-state index >= 15 is 0 Å². The van der Waals surface area contributed by atoms with Crippen LogP contribution in [0.3, 0.4) is 0 Å². The van der Waals surface area contributed by atoms with Gasteiger partial charge in [-0.2, -0.15) is 0 Å². The molecule has 2 aliphatic rings. The predicted octanol–water partition coefficient (Wildman–Crippen LogP) is 4.28. The van der Waals surface area contributed by atoms with Crippen molar-refractivity contribution in [3.05, 3.63) is 29.8 Å². The first kappa shape index (κ1) is 12.3. The lowest BCUT2D eigenvalue weighted by molar-refractivity contribution is 0.319. The Labute approximate surface area is 114 Å². The number of rotatable bonds is 4. The zero-order valence-corrected chi connectivity index (χ0v) is 11.7. The van der Waals surface area contributed by atoms with Crippen molar-refractivity contribution in [2.24, 2.45) is 17.8 Å². The Hall–Kier alpha value is -0.690. The van der Waals surface area contributed by atoms with Crippen LogP contribution in [0.25, 0.3) is 0 Å². The van der Waals surface area contributed by atoms with Gasteiger partial charge in [0.05, 0.1) is 7.11 Å². The number of methoxy groups -OCH3 is 1. The second-order valence-electron chi connectivity index (χ2n) is 5.91. The Kier molecular flexibility index (Phi) is 3.52. The highest BCUT2D eigenvalue weighted by molar-refractivity contribution is 6.21. The zero-order valence-electron chi connectivity index (χ0n) is 10.9. The first-order chi connectivity index (χ1) is 8.76. The van der Waals surface area contributed by atoms with Gasteiger partial charge in [-0.05, 0) is 61.1 Å². The second kappa shape index (κ2) is 5.13. The second-order valence-corrected chi connectivity index (χ2v) is 6.47. The van der Waals surface area contributed by atoms with Crippen molar-refractivity contribution in [1.29, 1.82) is 0 Å². The van der Waals surface area contributed by atoms with E-state index in [9.17, 15) is 0 Å². The number of ether oxygens (including phenoxy) is 1. The lowest BCUT2D eigenvalue weighted by Gasteiger charge is -2.26. The summed E-state index contributed by atoms with van der Waals surface area (Å²) in [5, 5.41) is 0.314. The van der Waals surface area contributed by atoms with Gasteiger partial charge in [0.1, 0.15) is 5.75 Å². The van der Waals surface area contributed by atoms with Crippen molar-refractivity contribution < 1.29 is 4.74 Å². The molecule has 0 N–H and O–H groups in total. The summed E-state index contributed by atoms with van der Waals surface area (Å²) in [5.41, 5.74) is 1.33. The molecule has 2 fully saturated rings. The summed E-state index contributed by atoms with van der Waals surface area (Å²) < 4.78 is 5.18. The Morgan fingerprint density at radius 3 is 2.56 bits per heavy atom. The summed E-state index contributed by atoms with van der Waals surface area (Å²) in [4.78, 5) is 0. The standard InChI is InChI=1S/C16H21ClO/c1-18-14-6-3-11(4-7-14)10-16(17)15-9-12-2-5-13(15)8-12/h3-4,6-7,12-13,15-16H,2,5,8-10H2,1H3. The molecule has 2 heteroatoms. The fourth-order valence-electron chi connectivity index (χ4n) is 3.88. The van der Waals surface area contributed by atoms with Crippen LogP contribution in [0, 0.1) is 17.8 Å². The summed E-state index contributed by atoms with van der Waals surface area (Å²) in [7, 11) is 1.70. The van der Waals surface area contributed by atoms with Gasteiger partial charge in [0.15, 0.2) is 0 Å². The maximum atomic E-state index is 6.66. The van der Waals surface area contributed by atoms with Gasteiger partial charge >= 0.3 is 0 Å². The van der Waals surface area contributed by atoms with E-state index in [1.165, 1.54) is 31.2 Å². The minimum atomic E-state index is 0.314. The Morgan fingerprint density at radius 2 is 2.00 bits per heavy atom. The summed E-state index contributed by atoms with van der Waals surface area (Å²) in [5.74, 6) is 3.57. The smallest absolute Gasteiger partial charge is 0.118 e. The summed E-state index contributed by atoms with van der Waals surface area (Å²) in [6.07, 6.45) is 6.68. The van der Waals surface area contributed by atoms with E-state index in [1.807, 2.05) is 12.1 Å². The van der Waals surface area contributed by atoms with Crippen LogP contribution in [-0.4, -0.2) is 12.5 Å². The van der Waals surface area contributed by atoms with E-state index in [1.54, 1.807) is 7.11 Å². The normalized spacial score (nSPS) is 31.6. The van der Waals surface area contributed by atoms with Crippen LogP contribution in [0.5, 0.6) is 5.75 Å². The van der Waals surface area contributed by atoms with Crippen molar-refractivity contribution in [2.45, 2.75) is 37.5 Å². The van der Waals surface area contributed by atoms with E-state index in [0.717, 1.165) is 29.9 Å². The molecule has 0 spiro atoms. The van der Waals surface area contributed by atoms with E-state index < -0.39 is 0 Å². The SMILES string of the molecule is COc1ccc(CC(Cl)C2CC3CCC2C3)cc1. The minimum Gasteiger partial charge on any atom is -0.497 e. The van der Waals surface area contributed by atoms with E-state index in [0.29, 0.717) is 5.38 Å². The molecule has 18 heavy (non-hydrogen) atoms. The third kappa shape index (κ3) is 2.38. The molecule has 2 bridgehead atoms. The molecule has 4 atom stereocenters. The van der Waals surface area contributed by atoms with Crippen LogP contribution < -0.4 is 4.74 Å². The summed E-state index contributed by atoms with van der Waals surface area (Å²) in [6, 6.07) is 8.34. The molecular formula is C16H21ClO. The van der Waals surface area contributed by atoms with Crippen LogP contribution in [-0.2, 0) is 6.42 Å². The van der Waals surface area contributed by atoms with Gasteiger partial charge in [-0.3, -0.25) is 0 Å². The molecule has 0 radical (unpaired) electrons. The molecule has 1 aromatic rings. The lowest BCUT2D eigenvalue weighted by Crippen LogP contribution is -2.23. The lowest BCUT2D eigenvalue weighted by atomic mass is 9.84. The molecule has 0 amide bonds. The first-order valence-electron chi connectivity index (χ1n) is 7.03. The minimum absolute atomic E-state index is 0.314. The van der Waals surface area contributed by atoms with Crippen LogP contribution in [0.2, 0.25) is 0 Å². The molecule has 0 heterocycles. The molecule has 98 valence electrons. The van der Waals surface area contributed by atoms with E-state index in [2.05, 4.69) is 12.1 Å². The van der Waals surface area contributed by atoms with Crippen LogP contribution in [0.15, 0.2) is 24.3 Å². The number of hydrogen-bond acceptors (Lipinski definition) is 1. The van der Waals surface area contributed by atoms with Gasteiger partial charge in [-0.25, -0.2) is 0 Å². The van der Waals surface area contributed by atoms with Crippen molar-refractivity contribution in [1.82, 2.24) is 0 Å². The molecule has 4 unspecified atom stereocenters. The highest BCUT2D eigenvalue weighted by Gasteiger charge is 2.42. The van der Waals surface area contributed by atoms with Gasteiger partial charge in [0.25, 0.3) is 0 Å². The Morgan fingerprint density at radius 1 is 1.22 bits per heavy atom. The molecular weight excluding hydrogens is 244 g/mol. The van der Waals surface area contributed by atoms with Crippen molar-refractivity contribution >= 4 is 11.6 Å². The van der Waals surface area contributed by atoms with Crippen molar-refractivity contribution in [2.75, 3.05) is 7.11 Å². The van der Waals surface area contributed by atoms with Crippen LogP contribution in [0.1, 0.15) is 31.2 Å². The number of hydrogen-bond donors (Lipinski definition) is 0. The molecule has 2 saturated carbocycles. The molecule has 1 nitrogen and oxygen atoms in total. The van der Waals surface area contributed by atoms with Crippen molar-refractivity contribution in [3.63, 3.8) is 0 Å². The van der Waals surface area contributed by atoms with Crippen LogP contribution >= 0.6 is 11.6 Å². The average molecular weight is 265 g/mol. The van der Waals surface area contributed by atoms with Gasteiger partial charge in [0, 0.05) is 5.38 Å². The maximum absolute atomic E-state index is 6.66. The zero-order chi connectivity index (χ0) is 12.5. The third-order valence-electron chi connectivity index (χ3n) is 4.85. The van der Waals surface area contributed by atoms with Crippen molar-refractivity contribution in [3.8, 4) is 5.75 Å². The number of fused-ring (bicyclic) bond motifs is 2. The number of alkyl halides is 1. The maximum Gasteiger partial charge on any atom is 0.118 e. The van der Waals surface area contributed by atoms with E-state index in [4.69, 9.17) is 16.3 Å². The largest absolute Gasteiger partial charge is 0.497 e. The molecule has 0 aliphatic heterocycles. The average Bonchev–Trinajstić information content (AvgIpc) is 3.02. The van der Waals surface area contributed by atoms with Gasteiger partial charge in [-0.1, -0.05) is 18.6 Å². The monoisotopic (exact) mass is 264 g/mol. The fraction of sp³-hybridized carbons (Fsp3) is 0.625. The molecule has 2 aliphatic carbocycles. The van der Waals surface area contributed by atoms with Gasteiger partial charge in [-0.15, -0.1) is 11.6 Å². The van der Waals surface area contributed by atoms with Crippen LogP contribution in [0.4, 0.5) is 0 Å². The predicted molar refractivity (Wildman–Crippen MR) is 75.3 cm³/mol. The topological polar surface area (TPSA) is 9.23 Å². The fourth-order valence-corrected chi connectivity index (χ4v) is 4.36. The van der Waals surface area contributed by atoms with E-state index in [-0.39, 0.29) is 0 Å². The first-order valence-corrected chi connectivity index (χ1v) is 7.47. The highest BCUT2D eigenvalue weighted by atomic mass is 35.5. The Bertz CT molecular complexity index is 400. The highest BCUT2D eigenvalue weighted by Crippen LogP contribution is 2.50. The number of halogens is 1. The Balaban J connectivity index is 1.61. The van der Waals surface area contributed by atoms with Gasteiger partial charge < -0.3 is 4.74 Å². The molecule has 0 aromatic heterocycles. The summed E-state index contributed by atoms with van der Waals surface area (Å²) >= 11 is 6.66. The quantitative estimate of drug-likeness (QED) is 0.738. The molecule has 1 aromatic carbocycles. The summed E-state index contributed by atoms with van der Waals surface area (Å²) in [6.45, 7) is 0. The molecule has 0 saturated heterocycles.